The van der Waals surface area contributed by atoms with E-state index in [-0.39, 0.29) is 23.6 Å². The zero-order valence-electron chi connectivity index (χ0n) is 25.7. The van der Waals surface area contributed by atoms with Gasteiger partial charge in [0, 0.05) is 37.2 Å². The maximum absolute atomic E-state index is 14.2. The van der Waals surface area contributed by atoms with E-state index in [0.29, 0.717) is 49.4 Å². The molecule has 2 aromatic rings. The molecule has 232 valence electrons. The van der Waals surface area contributed by atoms with Crippen LogP contribution >= 0.6 is 0 Å². The molecule has 2 aromatic carbocycles. The summed E-state index contributed by atoms with van der Waals surface area (Å²) in [5.41, 5.74) is 7.41. The maximum atomic E-state index is 14.2. The third-order valence-corrected chi connectivity index (χ3v) is 9.07. The number of nitrogens with one attached hydrogen (secondary N) is 1. The van der Waals surface area contributed by atoms with Crippen molar-refractivity contribution in [1.29, 1.82) is 0 Å². The SMILES string of the molecule is CCC1(CC)CC(=O)N([C@H](CCN2CCOCC2)c2cccc(C(=O)NC3CC(C)(C)Oc4ccc(F)cc43)c2)C(N)=N1. The van der Waals surface area contributed by atoms with E-state index in [4.69, 9.17) is 20.2 Å². The summed E-state index contributed by atoms with van der Waals surface area (Å²) in [6.45, 7) is 11.7. The lowest BCUT2D eigenvalue weighted by atomic mass is 9.87. The molecule has 9 nitrogen and oxygen atoms in total. The number of halogens is 1. The van der Waals surface area contributed by atoms with Crippen LogP contribution in [0, 0.1) is 5.82 Å². The Kier molecular flexibility index (Phi) is 9.08. The minimum atomic E-state index is -0.535. The number of hydrogen-bond donors (Lipinski definition) is 2. The van der Waals surface area contributed by atoms with Gasteiger partial charge in [0.05, 0.1) is 37.3 Å². The van der Waals surface area contributed by atoms with Crippen LogP contribution < -0.4 is 15.8 Å². The molecule has 3 heterocycles. The second-order valence-electron chi connectivity index (χ2n) is 12.5. The topological polar surface area (TPSA) is 109 Å². The average Bonchev–Trinajstić information content (AvgIpc) is 2.99. The first-order valence-corrected chi connectivity index (χ1v) is 15.4. The number of aliphatic imine (C=N–C) groups is 1. The van der Waals surface area contributed by atoms with Crippen molar-refractivity contribution in [3.63, 3.8) is 0 Å². The van der Waals surface area contributed by atoms with Crippen molar-refractivity contribution in [2.24, 2.45) is 10.7 Å². The van der Waals surface area contributed by atoms with Crippen LogP contribution in [-0.4, -0.2) is 71.6 Å². The van der Waals surface area contributed by atoms with Crippen molar-refractivity contribution in [1.82, 2.24) is 15.1 Å². The molecule has 0 spiro atoms. The Bertz CT molecular complexity index is 1370. The lowest BCUT2D eigenvalue weighted by molar-refractivity contribution is -0.131. The summed E-state index contributed by atoms with van der Waals surface area (Å²) in [6, 6.07) is 10.9. The molecule has 1 saturated heterocycles. The lowest BCUT2D eigenvalue weighted by Crippen LogP contribution is -2.53. The Hall–Kier alpha value is -3.50. The number of hydrogen-bond acceptors (Lipinski definition) is 7. The van der Waals surface area contributed by atoms with Crippen LogP contribution in [0.15, 0.2) is 47.5 Å². The fraction of sp³-hybridized carbons (Fsp3) is 0.545. The summed E-state index contributed by atoms with van der Waals surface area (Å²) < 4.78 is 25.7. The van der Waals surface area contributed by atoms with E-state index in [1.165, 1.54) is 12.1 Å². The van der Waals surface area contributed by atoms with Crippen molar-refractivity contribution < 1.29 is 23.5 Å². The smallest absolute Gasteiger partial charge is 0.251 e. The predicted octanol–water partition coefficient (Wildman–Crippen LogP) is 4.73. The van der Waals surface area contributed by atoms with Gasteiger partial charge in [-0.15, -0.1) is 0 Å². The molecular weight excluding hydrogens is 549 g/mol. The van der Waals surface area contributed by atoms with Crippen molar-refractivity contribution in [2.45, 2.75) is 83.0 Å². The summed E-state index contributed by atoms with van der Waals surface area (Å²) >= 11 is 0. The first kappa shape index (κ1) is 30.9. The van der Waals surface area contributed by atoms with E-state index in [1.807, 2.05) is 45.9 Å². The second-order valence-corrected chi connectivity index (χ2v) is 12.5. The summed E-state index contributed by atoms with van der Waals surface area (Å²) in [7, 11) is 0. The largest absolute Gasteiger partial charge is 0.487 e. The number of fused-ring (bicyclic) bond motifs is 1. The Morgan fingerprint density at radius 3 is 2.60 bits per heavy atom. The van der Waals surface area contributed by atoms with Crippen LogP contribution in [-0.2, 0) is 9.53 Å². The summed E-state index contributed by atoms with van der Waals surface area (Å²) in [5, 5.41) is 3.11. The van der Waals surface area contributed by atoms with Crippen LogP contribution in [0.3, 0.4) is 0 Å². The highest BCUT2D eigenvalue weighted by atomic mass is 19.1. The zero-order chi connectivity index (χ0) is 30.8. The van der Waals surface area contributed by atoms with Crippen molar-refractivity contribution in [3.05, 3.63) is 65.0 Å². The molecule has 0 aromatic heterocycles. The minimum absolute atomic E-state index is 0.0545. The normalized spacial score (nSPS) is 22.3. The third-order valence-electron chi connectivity index (χ3n) is 9.07. The quantitative estimate of drug-likeness (QED) is 0.435. The second kappa shape index (κ2) is 12.6. The molecule has 43 heavy (non-hydrogen) atoms. The van der Waals surface area contributed by atoms with Crippen molar-refractivity contribution in [3.8, 4) is 5.75 Å². The highest BCUT2D eigenvalue weighted by molar-refractivity contribution is 6.00. The molecular formula is C33H44FN5O4. The van der Waals surface area contributed by atoms with Crippen LogP contribution in [0.25, 0.3) is 0 Å². The first-order valence-electron chi connectivity index (χ1n) is 15.4. The molecule has 3 N–H and O–H groups in total. The number of guanidine groups is 1. The Labute approximate surface area is 253 Å². The summed E-state index contributed by atoms with van der Waals surface area (Å²) in [4.78, 5) is 36.2. The highest BCUT2D eigenvalue weighted by Gasteiger charge is 2.41. The van der Waals surface area contributed by atoms with Gasteiger partial charge < -0.3 is 20.5 Å². The van der Waals surface area contributed by atoms with E-state index in [1.54, 1.807) is 17.0 Å². The number of benzene rings is 2. The fourth-order valence-corrected chi connectivity index (χ4v) is 6.48. The van der Waals surface area contributed by atoms with Crippen molar-refractivity contribution >= 4 is 17.8 Å². The molecule has 5 rings (SSSR count). The molecule has 10 heteroatoms. The molecule has 0 bridgehead atoms. The molecule has 2 atom stereocenters. The van der Waals surface area contributed by atoms with Gasteiger partial charge in [-0.1, -0.05) is 26.0 Å². The van der Waals surface area contributed by atoms with E-state index < -0.39 is 23.2 Å². The van der Waals surface area contributed by atoms with E-state index >= 15 is 0 Å². The molecule has 1 unspecified atom stereocenters. The number of nitrogens with zero attached hydrogens (tertiary/aromatic N) is 3. The summed E-state index contributed by atoms with van der Waals surface area (Å²) in [6.07, 6.45) is 2.87. The number of rotatable bonds is 9. The van der Waals surface area contributed by atoms with Gasteiger partial charge in [0.25, 0.3) is 5.91 Å². The number of ether oxygens (including phenoxy) is 2. The van der Waals surface area contributed by atoms with Gasteiger partial charge in [-0.3, -0.25) is 19.4 Å². The fourth-order valence-electron chi connectivity index (χ4n) is 6.48. The predicted molar refractivity (Wildman–Crippen MR) is 163 cm³/mol. The van der Waals surface area contributed by atoms with Crippen LogP contribution in [0.2, 0.25) is 0 Å². The molecule has 0 radical (unpaired) electrons. The summed E-state index contributed by atoms with van der Waals surface area (Å²) in [5.74, 6) is 0.0701. The monoisotopic (exact) mass is 593 g/mol. The van der Waals surface area contributed by atoms with E-state index in [0.717, 1.165) is 38.0 Å². The van der Waals surface area contributed by atoms with Gasteiger partial charge in [-0.05, 0) is 69.0 Å². The molecule has 3 aliphatic rings. The third kappa shape index (κ3) is 6.86. The van der Waals surface area contributed by atoms with Crippen LogP contribution in [0.1, 0.15) is 93.4 Å². The zero-order valence-corrected chi connectivity index (χ0v) is 25.7. The molecule has 0 aliphatic carbocycles. The average molecular weight is 594 g/mol. The Morgan fingerprint density at radius 1 is 1.16 bits per heavy atom. The van der Waals surface area contributed by atoms with Gasteiger partial charge in [0.15, 0.2) is 5.96 Å². The van der Waals surface area contributed by atoms with Gasteiger partial charge >= 0.3 is 0 Å². The first-order chi connectivity index (χ1) is 20.5. The standard InChI is InChI=1S/C33H44FN5O4/c1-5-33(6-2)21-29(40)39(31(35)37-33)27(12-13-38-14-16-42-17-15-38)22-8-7-9-23(18-22)30(41)36-26-20-32(3,4)43-28-11-10-24(34)19-25(26)28/h7-11,18-19,26-27H,5-6,12-17,20-21H2,1-4H3,(H2,35,37)(H,36,41)/t26?,27-/m1/s1. The number of amides is 2. The molecule has 2 amide bonds. The number of carbonyl (C=O) groups excluding carboxylic acids is 2. The van der Waals surface area contributed by atoms with Crippen LogP contribution in [0.5, 0.6) is 5.75 Å². The van der Waals surface area contributed by atoms with Crippen LogP contribution in [0.4, 0.5) is 4.39 Å². The molecule has 1 fully saturated rings. The lowest BCUT2D eigenvalue weighted by Gasteiger charge is -2.41. The van der Waals surface area contributed by atoms with E-state index in [2.05, 4.69) is 10.2 Å². The van der Waals surface area contributed by atoms with Gasteiger partial charge in [0.2, 0.25) is 5.91 Å². The number of morpholine rings is 1. The number of nitrogens with two attached hydrogens (primary N) is 1. The maximum Gasteiger partial charge on any atom is 0.251 e. The van der Waals surface area contributed by atoms with Crippen molar-refractivity contribution in [2.75, 3.05) is 32.8 Å². The van der Waals surface area contributed by atoms with E-state index in [9.17, 15) is 14.0 Å². The molecule has 3 aliphatic heterocycles. The van der Waals surface area contributed by atoms with Gasteiger partial charge in [-0.25, -0.2) is 9.38 Å². The van der Waals surface area contributed by atoms with Gasteiger partial charge in [-0.2, -0.15) is 0 Å². The Balaban J connectivity index is 1.43. The number of carbonyl (C=O) groups is 2. The highest BCUT2D eigenvalue weighted by Crippen LogP contribution is 2.40. The Morgan fingerprint density at radius 2 is 1.91 bits per heavy atom. The molecule has 0 saturated carbocycles. The minimum Gasteiger partial charge on any atom is -0.487 e. The van der Waals surface area contributed by atoms with Gasteiger partial charge in [0.1, 0.15) is 17.2 Å².